The minimum Gasteiger partial charge on any atom is -0.396 e. The lowest BCUT2D eigenvalue weighted by Gasteiger charge is -2.11. The van der Waals surface area contributed by atoms with E-state index in [-0.39, 0.29) is 5.56 Å². The largest absolute Gasteiger partial charge is 0.396 e. The molecule has 0 aliphatic rings. The number of nitrogens with one attached hydrogen (secondary N) is 1. The molecule has 0 heterocycles. The van der Waals surface area contributed by atoms with E-state index in [9.17, 15) is 4.79 Å². The summed E-state index contributed by atoms with van der Waals surface area (Å²) in [6, 6.07) is 14.6. The first kappa shape index (κ1) is 13.4. The second-order valence-corrected chi connectivity index (χ2v) is 4.29. The Hall–Kier alpha value is -3.00. The van der Waals surface area contributed by atoms with E-state index in [0.717, 1.165) is 11.3 Å². The van der Waals surface area contributed by atoms with Crippen molar-refractivity contribution < 1.29 is 4.79 Å². The molecule has 0 fully saturated rings. The summed E-state index contributed by atoms with van der Waals surface area (Å²) in [4.78, 5) is 11.2. The molecule has 0 atom stereocenters. The molecule has 0 bridgehead atoms. The number of rotatable bonds is 4. The van der Waals surface area contributed by atoms with E-state index in [1.54, 1.807) is 18.2 Å². The van der Waals surface area contributed by atoms with Crippen LogP contribution in [0.4, 0.5) is 17.1 Å². The molecule has 100 valence electrons. The molecule has 0 unspecified atom stereocenters. The quantitative estimate of drug-likeness (QED) is 0.737. The van der Waals surface area contributed by atoms with Crippen LogP contribution < -0.4 is 16.8 Å². The van der Waals surface area contributed by atoms with Gasteiger partial charge in [0, 0.05) is 5.69 Å². The summed E-state index contributed by atoms with van der Waals surface area (Å²) in [5.41, 5.74) is 14.1. The van der Waals surface area contributed by atoms with Gasteiger partial charge in [0.2, 0.25) is 0 Å². The predicted octanol–water partition coefficient (Wildman–Crippen LogP) is 2.18. The SMILES string of the molecule is N#CCc1ccc(Nc2cccc(C(N)=O)c2N)cc1. The maximum atomic E-state index is 11.2. The third kappa shape index (κ3) is 2.87. The zero-order valence-electron chi connectivity index (χ0n) is 10.8. The van der Waals surface area contributed by atoms with Crippen LogP contribution in [0.1, 0.15) is 15.9 Å². The molecule has 0 aliphatic carbocycles. The number of para-hydroxylation sites is 1. The van der Waals surface area contributed by atoms with Crippen molar-refractivity contribution in [3.05, 3.63) is 53.6 Å². The molecule has 5 heteroatoms. The fraction of sp³-hybridized carbons (Fsp3) is 0.0667. The second-order valence-electron chi connectivity index (χ2n) is 4.29. The van der Waals surface area contributed by atoms with E-state index >= 15 is 0 Å². The van der Waals surface area contributed by atoms with Crippen molar-refractivity contribution in [1.29, 1.82) is 5.26 Å². The van der Waals surface area contributed by atoms with E-state index < -0.39 is 5.91 Å². The normalized spacial score (nSPS) is 9.75. The number of nitrogens with two attached hydrogens (primary N) is 2. The van der Waals surface area contributed by atoms with Crippen LogP contribution in [-0.2, 0) is 6.42 Å². The number of carbonyl (C=O) groups excluding carboxylic acids is 1. The van der Waals surface area contributed by atoms with Gasteiger partial charge in [-0.05, 0) is 29.8 Å². The van der Waals surface area contributed by atoms with Crippen LogP contribution in [0.15, 0.2) is 42.5 Å². The maximum absolute atomic E-state index is 11.2. The Kier molecular flexibility index (Phi) is 3.87. The Bertz CT molecular complexity index is 671. The first-order valence-electron chi connectivity index (χ1n) is 6.03. The number of amides is 1. The molecule has 5 N–H and O–H groups in total. The maximum Gasteiger partial charge on any atom is 0.250 e. The molecular weight excluding hydrogens is 252 g/mol. The van der Waals surface area contributed by atoms with Gasteiger partial charge >= 0.3 is 0 Å². The van der Waals surface area contributed by atoms with Gasteiger partial charge in [0.05, 0.1) is 29.4 Å². The zero-order valence-corrected chi connectivity index (χ0v) is 10.8. The van der Waals surface area contributed by atoms with Gasteiger partial charge in [-0.25, -0.2) is 0 Å². The lowest BCUT2D eigenvalue weighted by Crippen LogP contribution is -2.14. The molecule has 0 aliphatic heterocycles. The molecule has 5 nitrogen and oxygen atoms in total. The zero-order chi connectivity index (χ0) is 14.5. The summed E-state index contributed by atoms with van der Waals surface area (Å²) in [5.74, 6) is -0.560. The fourth-order valence-corrected chi connectivity index (χ4v) is 1.84. The second kappa shape index (κ2) is 5.76. The number of hydrogen-bond acceptors (Lipinski definition) is 4. The molecule has 0 saturated heterocycles. The van der Waals surface area contributed by atoms with Crippen LogP contribution in [0.5, 0.6) is 0 Å². The number of anilines is 3. The van der Waals surface area contributed by atoms with Gasteiger partial charge in [0.1, 0.15) is 0 Å². The Balaban J connectivity index is 2.24. The van der Waals surface area contributed by atoms with Crippen LogP contribution in [0.25, 0.3) is 0 Å². The van der Waals surface area contributed by atoms with Gasteiger partial charge < -0.3 is 16.8 Å². The van der Waals surface area contributed by atoms with Crippen molar-refractivity contribution in [3.8, 4) is 6.07 Å². The highest BCUT2D eigenvalue weighted by molar-refractivity contribution is 6.01. The number of nitrogen functional groups attached to an aromatic ring is 1. The summed E-state index contributed by atoms with van der Waals surface area (Å²) in [5, 5.41) is 11.7. The van der Waals surface area contributed by atoms with Crippen LogP contribution in [0.2, 0.25) is 0 Å². The monoisotopic (exact) mass is 266 g/mol. The third-order valence-electron chi connectivity index (χ3n) is 2.89. The number of benzene rings is 2. The van der Waals surface area contributed by atoms with E-state index in [1.165, 1.54) is 0 Å². The van der Waals surface area contributed by atoms with E-state index in [2.05, 4.69) is 11.4 Å². The average molecular weight is 266 g/mol. The highest BCUT2D eigenvalue weighted by Crippen LogP contribution is 2.26. The topological polar surface area (TPSA) is 105 Å². The molecule has 2 aromatic rings. The lowest BCUT2D eigenvalue weighted by atomic mass is 10.1. The molecule has 0 spiro atoms. The minimum absolute atomic E-state index is 0.288. The van der Waals surface area contributed by atoms with Crippen molar-refractivity contribution in [1.82, 2.24) is 0 Å². The summed E-state index contributed by atoms with van der Waals surface area (Å²) >= 11 is 0. The van der Waals surface area contributed by atoms with E-state index in [4.69, 9.17) is 16.7 Å². The van der Waals surface area contributed by atoms with Crippen molar-refractivity contribution in [2.45, 2.75) is 6.42 Å². The number of nitriles is 1. The van der Waals surface area contributed by atoms with Crippen LogP contribution >= 0.6 is 0 Å². The minimum atomic E-state index is -0.560. The summed E-state index contributed by atoms with van der Waals surface area (Å²) in [7, 11) is 0. The van der Waals surface area contributed by atoms with Gasteiger partial charge in [-0.15, -0.1) is 0 Å². The summed E-state index contributed by atoms with van der Waals surface area (Å²) in [6.07, 6.45) is 0.375. The van der Waals surface area contributed by atoms with Crippen LogP contribution in [0.3, 0.4) is 0 Å². The van der Waals surface area contributed by atoms with Crippen LogP contribution in [-0.4, -0.2) is 5.91 Å². The van der Waals surface area contributed by atoms with Crippen molar-refractivity contribution >= 4 is 23.0 Å². The molecule has 2 rings (SSSR count). The summed E-state index contributed by atoms with van der Waals surface area (Å²) < 4.78 is 0. The Morgan fingerprint density at radius 1 is 1.20 bits per heavy atom. The highest BCUT2D eigenvalue weighted by Gasteiger charge is 2.09. The number of hydrogen-bond donors (Lipinski definition) is 3. The Morgan fingerprint density at radius 2 is 1.90 bits per heavy atom. The van der Waals surface area contributed by atoms with E-state index in [1.807, 2.05) is 24.3 Å². The number of primary amides is 1. The van der Waals surface area contributed by atoms with Gasteiger partial charge in [-0.2, -0.15) is 5.26 Å². The molecule has 2 aromatic carbocycles. The van der Waals surface area contributed by atoms with E-state index in [0.29, 0.717) is 17.8 Å². The Morgan fingerprint density at radius 3 is 2.50 bits per heavy atom. The smallest absolute Gasteiger partial charge is 0.250 e. The first-order chi connectivity index (χ1) is 9.61. The van der Waals surface area contributed by atoms with Crippen LogP contribution in [0, 0.1) is 11.3 Å². The fourth-order valence-electron chi connectivity index (χ4n) is 1.84. The predicted molar refractivity (Wildman–Crippen MR) is 78.4 cm³/mol. The molecule has 1 amide bonds. The lowest BCUT2D eigenvalue weighted by molar-refractivity contribution is 0.100. The molecule has 0 radical (unpaired) electrons. The average Bonchev–Trinajstić information content (AvgIpc) is 2.43. The summed E-state index contributed by atoms with van der Waals surface area (Å²) in [6.45, 7) is 0. The standard InChI is InChI=1S/C15H14N4O/c16-9-8-10-4-6-11(7-5-10)19-13-3-1-2-12(14(13)17)15(18)20/h1-7,19H,8,17H2,(H2,18,20). The van der Waals surface area contributed by atoms with Gasteiger partial charge in [-0.3, -0.25) is 4.79 Å². The van der Waals surface area contributed by atoms with Gasteiger partial charge in [0.25, 0.3) is 5.91 Å². The first-order valence-corrected chi connectivity index (χ1v) is 6.03. The van der Waals surface area contributed by atoms with Crippen molar-refractivity contribution in [2.24, 2.45) is 5.73 Å². The van der Waals surface area contributed by atoms with Gasteiger partial charge in [-0.1, -0.05) is 18.2 Å². The molecular formula is C15H14N4O. The Labute approximate surface area is 116 Å². The third-order valence-corrected chi connectivity index (χ3v) is 2.89. The highest BCUT2D eigenvalue weighted by atomic mass is 16.1. The van der Waals surface area contributed by atoms with Crippen molar-refractivity contribution in [3.63, 3.8) is 0 Å². The molecule has 0 aromatic heterocycles. The number of carbonyl (C=O) groups is 1. The number of nitrogens with zero attached hydrogens (tertiary/aromatic N) is 1. The molecule has 20 heavy (non-hydrogen) atoms. The van der Waals surface area contributed by atoms with Gasteiger partial charge in [0.15, 0.2) is 0 Å². The van der Waals surface area contributed by atoms with Crippen molar-refractivity contribution in [2.75, 3.05) is 11.1 Å². The molecule has 0 saturated carbocycles.